The Kier molecular flexibility index (Phi) is 8.20. The molecule has 0 atom stereocenters. The summed E-state index contributed by atoms with van der Waals surface area (Å²) in [7, 11) is 0. The summed E-state index contributed by atoms with van der Waals surface area (Å²) in [5.41, 5.74) is 19.1. The fraction of sp³-hybridized carbons (Fsp3) is 0.0526. The van der Waals surface area contributed by atoms with Gasteiger partial charge in [0.05, 0.1) is 22.4 Å². The Bertz CT molecular complexity index is 3140. The van der Waals surface area contributed by atoms with Crippen LogP contribution in [-0.4, -0.2) is 4.68 Å². The van der Waals surface area contributed by atoms with Crippen LogP contribution in [0.2, 0.25) is 0 Å². The van der Waals surface area contributed by atoms with Crippen LogP contribution in [0.5, 0.6) is 0 Å². The van der Waals surface area contributed by atoms with Gasteiger partial charge in [-0.3, -0.25) is 0 Å². The number of hydrogen-bond donors (Lipinski definition) is 0. The van der Waals surface area contributed by atoms with Crippen molar-refractivity contribution in [3.63, 3.8) is 0 Å². The summed E-state index contributed by atoms with van der Waals surface area (Å²) >= 11 is 0. The minimum Gasteiger partial charge on any atom is -0.249 e. The first kappa shape index (κ1) is 34.8. The van der Waals surface area contributed by atoms with Crippen molar-refractivity contribution in [2.45, 2.75) is 19.3 Å². The van der Waals surface area contributed by atoms with Crippen molar-refractivity contribution < 1.29 is 0 Å². The molecule has 0 fully saturated rings. The SMILES string of the molecule is CC1(C)c2ccccc2-c2ccc(N(c3ccc(-c4ccccc4)cc3)n3c4cc(-c5ccccc5)ccc4c4cc(-c5ccccc5)cc(-c5ccccc5)c43)cc21. The van der Waals surface area contributed by atoms with E-state index in [-0.39, 0.29) is 5.41 Å². The highest BCUT2D eigenvalue weighted by atomic mass is 15.6. The van der Waals surface area contributed by atoms with Gasteiger partial charge in [-0.2, -0.15) is 0 Å². The average Bonchev–Trinajstić information content (AvgIpc) is 3.75. The molecule has 280 valence electrons. The van der Waals surface area contributed by atoms with Gasteiger partial charge in [0.25, 0.3) is 0 Å². The molecule has 11 rings (SSSR count). The Morgan fingerprint density at radius 3 is 1.51 bits per heavy atom. The molecule has 0 aliphatic heterocycles. The van der Waals surface area contributed by atoms with Crippen LogP contribution < -0.4 is 5.01 Å². The zero-order valence-electron chi connectivity index (χ0n) is 33.2. The van der Waals surface area contributed by atoms with Crippen LogP contribution in [0, 0.1) is 0 Å². The van der Waals surface area contributed by atoms with Crippen molar-refractivity contribution in [3.8, 4) is 55.6 Å². The third kappa shape index (κ3) is 5.79. The quantitative estimate of drug-likeness (QED) is 0.157. The Labute approximate surface area is 345 Å². The molecule has 0 radical (unpaired) electrons. The maximum absolute atomic E-state index is 2.50. The maximum atomic E-state index is 2.50. The number of benzene rings is 9. The first-order chi connectivity index (χ1) is 29.0. The summed E-state index contributed by atoms with van der Waals surface area (Å²) in [5.74, 6) is 0. The van der Waals surface area contributed by atoms with Crippen molar-refractivity contribution in [2.75, 3.05) is 5.01 Å². The standard InChI is InChI=1S/C57H42N2/c1-57(2)53-26-16-15-25-48(53)49-34-32-47(38-54(49)57)58(46-30-27-42(28-31-46)39-17-7-3-8-18-39)59-55-37-44(40-19-9-4-10-20-40)29-33-50(55)52-36-45(41-21-11-5-12-22-41)35-51(56(52)59)43-23-13-6-14-24-43/h3-38H,1-2H3. The minimum atomic E-state index is -0.161. The normalized spacial score (nSPS) is 12.7. The summed E-state index contributed by atoms with van der Waals surface area (Å²) in [6.45, 7) is 4.73. The Hall–Kier alpha value is -7.42. The number of nitrogens with zero attached hydrogens (tertiary/aromatic N) is 2. The van der Waals surface area contributed by atoms with Crippen LogP contribution in [0.15, 0.2) is 218 Å². The van der Waals surface area contributed by atoms with Gasteiger partial charge in [-0.1, -0.05) is 190 Å². The second kappa shape index (κ2) is 13.9. The molecule has 59 heavy (non-hydrogen) atoms. The molecule has 10 aromatic rings. The molecular formula is C57H42N2. The molecule has 0 unspecified atom stereocenters. The summed E-state index contributed by atoms with van der Waals surface area (Å²) in [6.07, 6.45) is 0. The van der Waals surface area contributed by atoms with E-state index in [1.807, 2.05) is 0 Å². The molecule has 0 spiro atoms. The van der Waals surface area contributed by atoms with E-state index in [4.69, 9.17) is 0 Å². The van der Waals surface area contributed by atoms with Gasteiger partial charge in [0.1, 0.15) is 0 Å². The maximum Gasteiger partial charge on any atom is 0.0795 e. The molecule has 1 aromatic heterocycles. The predicted molar refractivity (Wildman–Crippen MR) is 249 cm³/mol. The van der Waals surface area contributed by atoms with E-state index in [0.29, 0.717) is 0 Å². The van der Waals surface area contributed by atoms with Crippen molar-refractivity contribution in [1.82, 2.24) is 4.68 Å². The number of rotatable bonds is 7. The number of hydrogen-bond acceptors (Lipinski definition) is 1. The Balaban J connectivity index is 1.25. The highest BCUT2D eigenvalue weighted by Crippen LogP contribution is 2.51. The highest BCUT2D eigenvalue weighted by Gasteiger charge is 2.36. The third-order valence-corrected chi connectivity index (χ3v) is 12.4. The van der Waals surface area contributed by atoms with E-state index in [0.717, 1.165) is 22.4 Å². The van der Waals surface area contributed by atoms with E-state index < -0.39 is 0 Å². The lowest BCUT2D eigenvalue weighted by atomic mass is 9.82. The summed E-state index contributed by atoms with van der Waals surface area (Å²) in [5, 5.41) is 4.87. The molecule has 2 nitrogen and oxygen atoms in total. The molecule has 2 heteroatoms. The van der Waals surface area contributed by atoms with Crippen LogP contribution >= 0.6 is 0 Å². The molecule has 0 amide bonds. The van der Waals surface area contributed by atoms with E-state index in [1.54, 1.807) is 0 Å². The lowest BCUT2D eigenvalue weighted by Crippen LogP contribution is -2.25. The second-order valence-electron chi connectivity index (χ2n) is 16.2. The Morgan fingerprint density at radius 2 is 0.847 bits per heavy atom. The largest absolute Gasteiger partial charge is 0.249 e. The van der Waals surface area contributed by atoms with Gasteiger partial charge in [-0.05, 0) is 104 Å². The van der Waals surface area contributed by atoms with Gasteiger partial charge in [-0.15, -0.1) is 0 Å². The number of anilines is 2. The van der Waals surface area contributed by atoms with Crippen LogP contribution in [0.4, 0.5) is 11.4 Å². The summed E-state index contributed by atoms with van der Waals surface area (Å²) < 4.78 is 2.50. The number of fused-ring (bicyclic) bond motifs is 6. The van der Waals surface area contributed by atoms with Gasteiger partial charge in [0.2, 0.25) is 0 Å². The van der Waals surface area contributed by atoms with Gasteiger partial charge < -0.3 is 0 Å². The summed E-state index contributed by atoms with van der Waals surface area (Å²) in [4.78, 5) is 0. The van der Waals surface area contributed by atoms with Crippen LogP contribution in [0.25, 0.3) is 77.4 Å². The van der Waals surface area contributed by atoms with Crippen molar-refractivity contribution in [2.24, 2.45) is 0 Å². The van der Waals surface area contributed by atoms with E-state index in [9.17, 15) is 0 Å². The average molecular weight is 755 g/mol. The molecule has 1 heterocycles. The van der Waals surface area contributed by atoms with E-state index >= 15 is 0 Å². The molecule has 9 aromatic carbocycles. The minimum absolute atomic E-state index is 0.161. The lowest BCUT2D eigenvalue weighted by Gasteiger charge is -2.31. The molecule has 0 saturated carbocycles. The summed E-state index contributed by atoms with van der Waals surface area (Å²) in [6, 6.07) is 80.0. The smallest absolute Gasteiger partial charge is 0.0795 e. The topological polar surface area (TPSA) is 8.17 Å². The predicted octanol–water partition coefficient (Wildman–Crippen LogP) is 15.4. The molecule has 0 N–H and O–H groups in total. The van der Waals surface area contributed by atoms with Crippen molar-refractivity contribution in [1.29, 1.82) is 0 Å². The van der Waals surface area contributed by atoms with Crippen LogP contribution in [-0.2, 0) is 5.41 Å². The van der Waals surface area contributed by atoms with Gasteiger partial charge >= 0.3 is 0 Å². The molecule has 0 saturated heterocycles. The highest BCUT2D eigenvalue weighted by molar-refractivity contribution is 6.15. The molecule has 1 aliphatic carbocycles. The molecular weight excluding hydrogens is 713 g/mol. The molecule has 0 bridgehead atoms. The Morgan fingerprint density at radius 1 is 0.339 bits per heavy atom. The van der Waals surface area contributed by atoms with Crippen molar-refractivity contribution >= 4 is 33.2 Å². The third-order valence-electron chi connectivity index (χ3n) is 12.4. The number of aromatic nitrogens is 1. The molecule has 1 aliphatic rings. The van der Waals surface area contributed by atoms with E-state index in [2.05, 4.69) is 242 Å². The van der Waals surface area contributed by atoms with Gasteiger partial charge in [0, 0.05) is 21.8 Å². The zero-order chi connectivity index (χ0) is 39.5. The zero-order valence-corrected chi connectivity index (χ0v) is 33.2. The van der Waals surface area contributed by atoms with Crippen LogP contribution in [0.1, 0.15) is 25.0 Å². The first-order valence-corrected chi connectivity index (χ1v) is 20.5. The van der Waals surface area contributed by atoms with E-state index in [1.165, 1.54) is 77.5 Å². The van der Waals surface area contributed by atoms with Gasteiger partial charge in [0.15, 0.2) is 0 Å². The second-order valence-corrected chi connectivity index (χ2v) is 16.2. The lowest BCUT2D eigenvalue weighted by molar-refractivity contribution is 0.660. The van der Waals surface area contributed by atoms with Gasteiger partial charge in [-0.25, -0.2) is 9.69 Å². The monoisotopic (exact) mass is 754 g/mol. The first-order valence-electron chi connectivity index (χ1n) is 20.5. The van der Waals surface area contributed by atoms with Crippen LogP contribution in [0.3, 0.4) is 0 Å². The fourth-order valence-electron chi connectivity index (χ4n) is 9.41. The fourth-order valence-corrected chi connectivity index (χ4v) is 9.41. The van der Waals surface area contributed by atoms with Crippen molar-refractivity contribution in [3.05, 3.63) is 230 Å².